The molecule has 0 saturated carbocycles. The first-order valence-electron chi connectivity index (χ1n) is 6.29. The summed E-state index contributed by atoms with van der Waals surface area (Å²) in [5.74, 6) is 1.66. The molecular weight excluding hydrogens is 240 g/mol. The molecule has 0 fully saturated rings. The van der Waals surface area contributed by atoms with E-state index in [9.17, 15) is 0 Å². The zero-order valence-electron chi connectivity index (χ0n) is 11.2. The van der Waals surface area contributed by atoms with Gasteiger partial charge < -0.3 is 14.5 Å². The normalized spacial score (nSPS) is 11.4. The number of ether oxygens (including phenoxy) is 2. The molecule has 0 saturated heterocycles. The molecule has 0 unspecified atom stereocenters. The number of aromatic amines is 1. The van der Waals surface area contributed by atoms with Gasteiger partial charge >= 0.3 is 0 Å². The van der Waals surface area contributed by atoms with E-state index in [1.807, 2.05) is 38.2 Å². The van der Waals surface area contributed by atoms with Crippen LogP contribution in [0.3, 0.4) is 0 Å². The van der Waals surface area contributed by atoms with Crippen molar-refractivity contribution in [3.05, 3.63) is 30.6 Å². The lowest BCUT2D eigenvalue weighted by Crippen LogP contribution is -2.05. The molecule has 19 heavy (non-hydrogen) atoms. The molecule has 3 rings (SSSR count). The van der Waals surface area contributed by atoms with Gasteiger partial charge in [0.15, 0.2) is 0 Å². The van der Waals surface area contributed by atoms with Gasteiger partial charge in [-0.3, -0.25) is 4.98 Å². The van der Waals surface area contributed by atoms with Crippen molar-refractivity contribution < 1.29 is 9.47 Å². The number of methoxy groups -OCH3 is 1. The summed E-state index contributed by atoms with van der Waals surface area (Å²) >= 11 is 0. The van der Waals surface area contributed by atoms with Gasteiger partial charge in [0.2, 0.25) is 0 Å². The number of pyridine rings is 1. The van der Waals surface area contributed by atoms with E-state index in [0.29, 0.717) is 0 Å². The first kappa shape index (κ1) is 11.8. The van der Waals surface area contributed by atoms with E-state index in [1.165, 1.54) is 0 Å². The Morgan fingerprint density at radius 1 is 1.16 bits per heavy atom. The van der Waals surface area contributed by atoms with E-state index in [2.05, 4.69) is 9.97 Å². The maximum absolute atomic E-state index is 5.85. The van der Waals surface area contributed by atoms with Gasteiger partial charge in [-0.25, -0.2) is 0 Å². The molecule has 2 heterocycles. The summed E-state index contributed by atoms with van der Waals surface area (Å²) in [7, 11) is 1.67. The Morgan fingerprint density at radius 2 is 1.95 bits per heavy atom. The highest BCUT2D eigenvalue weighted by Gasteiger charge is 2.14. The van der Waals surface area contributed by atoms with Gasteiger partial charge in [-0.1, -0.05) is 0 Å². The summed E-state index contributed by atoms with van der Waals surface area (Å²) in [5.41, 5.74) is 1.99. The molecule has 4 heteroatoms. The number of fused-ring (bicyclic) bond motifs is 3. The third kappa shape index (κ3) is 1.89. The van der Waals surface area contributed by atoms with E-state index in [1.54, 1.807) is 13.3 Å². The fourth-order valence-electron chi connectivity index (χ4n) is 2.32. The smallest absolute Gasteiger partial charge is 0.144 e. The quantitative estimate of drug-likeness (QED) is 0.780. The van der Waals surface area contributed by atoms with Crippen LogP contribution >= 0.6 is 0 Å². The summed E-state index contributed by atoms with van der Waals surface area (Å²) in [6, 6.07) is 5.82. The molecule has 98 valence electrons. The largest absolute Gasteiger partial charge is 0.496 e. The van der Waals surface area contributed by atoms with Crippen molar-refractivity contribution in [3.63, 3.8) is 0 Å². The van der Waals surface area contributed by atoms with Crippen molar-refractivity contribution >= 4 is 21.8 Å². The Kier molecular flexibility index (Phi) is 2.78. The van der Waals surface area contributed by atoms with Crippen molar-refractivity contribution in [1.29, 1.82) is 0 Å². The number of nitrogens with zero attached hydrogens (tertiary/aromatic N) is 1. The Hall–Kier alpha value is -2.23. The third-order valence-corrected chi connectivity index (χ3v) is 3.06. The Bertz CT molecular complexity index is 731. The lowest BCUT2D eigenvalue weighted by molar-refractivity contribution is 0.245. The van der Waals surface area contributed by atoms with Gasteiger partial charge in [0.25, 0.3) is 0 Å². The maximum atomic E-state index is 5.85. The summed E-state index contributed by atoms with van der Waals surface area (Å²) in [4.78, 5) is 7.57. The molecule has 2 aromatic heterocycles. The topological polar surface area (TPSA) is 47.1 Å². The van der Waals surface area contributed by atoms with Gasteiger partial charge in [0, 0.05) is 23.3 Å². The highest BCUT2D eigenvalue weighted by Crippen LogP contribution is 2.38. The number of nitrogens with one attached hydrogen (secondary N) is 1. The Labute approximate surface area is 111 Å². The van der Waals surface area contributed by atoms with Crippen LogP contribution < -0.4 is 9.47 Å². The first-order valence-corrected chi connectivity index (χ1v) is 6.29. The van der Waals surface area contributed by atoms with Crippen molar-refractivity contribution in [3.8, 4) is 11.5 Å². The predicted octanol–water partition coefficient (Wildman–Crippen LogP) is 3.51. The monoisotopic (exact) mass is 256 g/mol. The minimum atomic E-state index is 0.126. The molecule has 1 N–H and O–H groups in total. The van der Waals surface area contributed by atoms with Crippen LogP contribution in [-0.4, -0.2) is 23.2 Å². The second-order valence-electron chi connectivity index (χ2n) is 4.73. The van der Waals surface area contributed by atoms with Gasteiger partial charge in [0.1, 0.15) is 11.5 Å². The summed E-state index contributed by atoms with van der Waals surface area (Å²) in [5, 5.41) is 2.06. The SMILES string of the molecule is COc1ccc(OC(C)C)c2[nH]c3ccncc3c12. The number of hydrogen-bond donors (Lipinski definition) is 1. The molecule has 0 atom stereocenters. The van der Waals surface area contributed by atoms with E-state index >= 15 is 0 Å². The van der Waals surface area contributed by atoms with Gasteiger partial charge in [-0.15, -0.1) is 0 Å². The number of rotatable bonds is 3. The number of benzene rings is 1. The fourth-order valence-corrected chi connectivity index (χ4v) is 2.32. The van der Waals surface area contributed by atoms with Gasteiger partial charge in [0.05, 0.1) is 24.1 Å². The fraction of sp³-hybridized carbons (Fsp3) is 0.267. The summed E-state index contributed by atoms with van der Waals surface area (Å²) < 4.78 is 11.3. The zero-order chi connectivity index (χ0) is 13.4. The Balaban J connectivity index is 2.37. The van der Waals surface area contributed by atoms with Crippen molar-refractivity contribution in [2.75, 3.05) is 7.11 Å². The van der Waals surface area contributed by atoms with Crippen molar-refractivity contribution in [1.82, 2.24) is 9.97 Å². The second kappa shape index (κ2) is 4.46. The number of hydrogen-bond acceptors (Lipinski definition) is 3. The van der Waals surface area contributed by atoms with Crippen LogP contribution in [0.5, 0.6) is 11.5 Å². The van der Waals surface area contributed by atoms with Crippen LogP contribution in [0.4, 0.5) is 0 Å². The molecule has 0 aliphatic carbocycles. The molecular formula is C15H16N2O2. The molecule has 0 aliphatic rings. The second-order valence-corrected chi connectivity index (χ2v) is 4.73. The lowest BCUT2D eigenvalue weighted by Gasteiger charge is -2.12. The molecule has 3 aromatic rings. The highest BCUT2D eigenvalue weighted by molar-refractivity contribution is 6.12. The van der Waals surface area contributed by atoms with Crippen LogP contribution in [-0.2, 0) is 0 Å². The minimum absolute atomic E-state index is 0.126. The van der Waals surface area contributed by atoms with Crippen LogP contribution in [0.1, 0.15) is 13.8 Å². The molecule has 0 spiro atoms. The van der Waals surface area contributed by atoms with Crippen LogP contribution in [0.15, 0.2) is 30.6 Å². The molecule has 0 aliphatic heterocycles. The van der Waals surface area contributed by atoms with Crippen LogP contribution in [0, 0.1) is 0 Å². The van der Waals surface area contributed by atoms with Crippen LogP contribution in [0.25, 0.3) is 21.8 Å². The molecule has 0 radical (unpaired) electrons. The molecule has 1 aromatic carbocycles. The third-order valence-electron chi connectivity index (χ3n) is 3.06. The van der Waals surface area contributed by atoms with Crippen molar-refractivity contribution in [2.24, 2.45) is 0 Å². The summed E-state index contributed by atoms with van der Waals surface area (Å²) in [6.07, 6.45) is 3.74. The average molecular weight is 256 g/mol. The average Bonchev–Trinajstić information content (AvgIpc) is 2.79. The van der Waals surface area contributed by atoms with Crippen molar-refractivity contribution in [2.45, 2.75) is 20.0 Å². The summed E-state index contributed by atoms with van der Waals surface area (Å²) in [6.45, 7) is 4.03. The number of aromatic nitrogens is 2. The van der Waals surface area contributed by atoms with Gasteiger partial charge in [-0.2, -0.15) is 0 Å². The maximum Gasteiger partial charge on any atom is 0.144 e. The first-order chi connectivity index (χ1) is 9.20. The van der Waals surface area contributed by atoms with E-state index in [0.717, 1.165) is 33.3 Å². The number of H-pyrrole nitrogens is 1. The van der Waals surface area contributed by atoms with E-state index < -0.39 is 0 Å². The predicted molar refractivity (Wildman–Crippen MR) is 75.9 cm³/mol. The molecule has 0 amide bonds. The molecule has 0 bridgehead atoms. The zero-order valence-corrected chi connectivity index (χ0v) is 11.2. The van der Waals surface area contributed by atoms with E-state index in [4.69, 9.17) is 9.47 Å². The van der Waals surface area contributed by atoms with E-state index in [-0.39, 0.29) is 6.10 Å². The standard InChI is InChI=1S/C15H16N2O2/c1-9(2)19-13-5-4-12(18-3)14-10-8-16-7-6-11(10)17-15(13)14/h4-9,17H,1-3H3. The molecule has 4 nitrogen and oxygen atoms in total. The van der Waals surface area contributed by atoms with Crippen LogP contribution in [0.2, 0.25) is 0 Å². The minimum Gasteiger partial charge on any atom is -0.496 e. The lowest BCUT2D eigenvalue weighted by atomic mass is 10.1. The highest BCUT2D eigenvalue weighted by atomic mass is 16.5. The Morgan fingerprint density at radius 3 is 2.68 bits per heavy atom. The van der Waals surface area contributed by atoms with Gasteiger partial charge in [-0.05, 0) is 32.0 Å².